The van der Waals surface area contributed by atoms with Crippen molar-refractivity contribution < 1.29 is 14.6 Å². The number of nitroso groups, excluding NO2 is 1. The van der Waals surface area contributed by atoms with E-state index in [1.807, 2.05) is 0 Å². The number of hydrogen-bond acceptors (Lipinski definition) is 5. The number of aliphatic hydroxyl groups excluding tert-OH is 1. The van der Waals surface area contributed by atoms with E-state index in [4.69, 9.17) is 9.47 Å². The summed E-state index contributed by atoms with van der Waals surface area (Å²) in [4.78, 5) is 10.0. The lowest BCUT2D eigenvalue weighted by Gasteiger charge is -2.11. The molecule has 0 aliphatic carbocycles. The lowest BCUT2D eigenvalue weighted by Crippen LogP contribution is -2.29. The van der Waals surface area contributed by atoms with Crippen molar-refractivity contribution in [1.82, 2.24) is 0 Å². The molecule has 5 nitrogen and oxygen atoms in total. The SMILES string of the molecule is O=NCC1CO[C@@H]2C(O)CO[C@H]12. The summed E-state index contributed by atoms with van der Waals surface area (Å²) in [5.74, 6) is 0.0321. The predicted octanol–water partition coefficient (Wildman–Crippen LogP) is -0.473. The molecular weight excluding hydrogens is 162 g/mol. The Morgan fingerprint density at radius 2 is 2.08 bits per heavy atom. The summed E-state index contributed by atoms with van der Waals surface area (Å²) in [7, 11) is 0. The second-order valence-corrected chi connectivity index (χ2v) is 3.23. The van der Waals surface area contributed by atoms with E-state index in [9.17, 15) is 10.0 Å². The molecule has 1 N–H and O–H groups in total. The molecule has 2 rings (SSSR count). The number of rotatable bonds is 2. The van der Waals surface area contributed by atoms with Crippen LogP contribution in [0.3, 0.4) is 0 Å². The molecule has 0 aromatic heterocycles. The van der Waals surface area contributed by atoms with Crippen LogP contribution in [0.5, 0.6) is 0 Å². The van der Waals surface area contributed by atoms with Crippen molar-refractivity contribution in [1.29, 1.82) is 0 Å². The minimum atomic E-state index is -0.536. The van der Waals surface area contributed by atoms with Crippen LogP contribution >= 0.6 is 0 Å². The van der Waals surface area contributed by atoms with Gasteiger partial charge in [0, 0.05) is 5.92 Å². The highest BCUT2D eigenvalue weighted by Crippen LogP contribution is 2.31. The highest BCUT2D eigenvalue weighted by molar-refractivity contribution is 4.94. The zero-order valence-electron chi connectivity index (χ0n) is 6.55. The van der Waals surface area contributed by atoms with Crippen molar-refractivity contribution in [2.24, 2.45) is 11.1 Å². The van der Waals surface area contributed by atoms with E-state index < -0.39 is 6.10 Å². The Balaban J connectivity index is 2.00. The van der Waals surface area contributed by atoms with E-state index in [1.54, 1.807) is 0 Å². The summed E-state index contributed by atoms with van der Waals surface area (Å²) < 4.78 is 10.6. The van der Waals surface area contributed by atoms with E-state index in [-0.39, 0.29) is 24.7 Å². The zero-order valence-corrected chi connectivity index (χ0v) is 6.55. The van der Waals surface area contributed by atoms with E-state index in [1.165, 1.54) is 0 Å². The molecule has 2 unspecified atom stereocenters. The first-order valence-corrected chi connectivity index (χ1v) is 4.03. The fraction of sp³-hybridized carbons (Fsp3) is 1.00. The Hall–Kier alpha value is -0.520. The third-order valence-electron chi connectivity index (χ3n) is 2.44. The summed E-state index contributed by atoms with van der Waals surface area (Å²) in [5, 5.41) is 12.1. The van der Waals surface area contributed by atoms with Gasteiger partial charge < -0.3 is 14.6 Å². The van der Waals surface area contributed by atoms with Crippen molar-refractivity contribution in [3.8, 4) is 0 Å². The molecule has 2 fully saturated rings. The van der Waals surface area contributed by atoms with Crippen LogP contribution in [0, 0.1) is 10.8 Å². The average Bonchev–Trinajstić information content (AvgIpc) is 2.58. The molecule has 2 aliphatic heterocycles. The zero-order chi connectivity index (χ0) is 8.55. The normalized spacial score (nSPS) is 46.1. The summed E-state index contributed by atoms with van der Waals surface area (Å²) in [6.07, 6.45) is -0.902. The predicted molar refractivity (Wildman–Crippen MR) is 39.6 cm³/mol. The molecule has 68 valence electrons. The number of ether oxygens (including phenoxy) is 2. The van der Waals surface area contributed by atoms with Gasteiger partial charge in [0.15, 0.2) is 0 Å². The van der Waals surface area contributed by atoms with Crippen LogP contribution in [0.25, 0.3) is 0 Å². The molecule has 0 saturated carbocycles. The Kier molecular flexibility index (Phi) is 2.08. The van der Waals surface area contributed by atoms with Crippen LogP contribution < -0.4 is 0 Å². The molecule has 0 bridgehead atoms. The third-order valence-corrected chi connectivity index (χ3v) is 2.44. The second-order valence-electron chi connectivity index (χ2n) is 3.23. The number of fused-ring (bicyclic) bond motifs is 1. The van der Waals surface area contributed by atoms with Crippen LogP contribution in [-0.4, -0.2) is 43.2 Å². The highest BCUT2D eigenvalue weighted by atomic mass is 16.6. The van der Waals surface area contributed by atoms with Crippen molar-refractivity contribution in [2.75, 3.05) is 19.8 Å². The topological polar surface area (TPSA) is 68.1 Å². The summed E-state index contributed by atoms with van der Waals surface area (Å²) >= 11 is 0. The Labute approximate surface area is 69.6 Å². The van der Waals surface area contributed by atoms with Gasteiger partial charge in [-0.3, -0.25) is 0 Å². The van der Waals surface area contributed by atoms with Crippen LogP contribution in [0.1, 0.15) is 0 Å². The van der Waals surface area contributed by atoms with Crippen molar-refractivity contribution in [3.63, 3.8) is 0 Å². The average molecular weight is 173 g/mol. The van der Waals surface area contributed by atoms with E-state index >= 15 is 0 Å². The lowest BCUT2D eigenvalue weighted by molar-refractivity contribution is 0.0171. The van der Waals surface area contributed by atoms with E-state index in [0.29, 0.717) is 13.2 Å². The minimum absolute atomic E-state index is 0.0321. The van der Waals surface area contributed by atoms with E-state index in [2.05, 4.69) is 5.18 Å². The van der Waals surface area contributed by atoms with E-state index in [0.717, 1.165) is 0 Å². The molecule has 0 aromatic carbocycles. The van der Waals surface area contributed by atoms with Crippen molar-refractivity contribution >= 4 is 0 Å². The molecule has 0 spiro atoms. The molecule has 12 heavy (non-hydrogen) atoms. The Morgan fingerprint density at radius 3 is 2.83 bits per heavy atom. The second kappa shape index (κ2) is 3.08. The van der Waals surface area contributed by atoms with Crippen molar-refractivity contribution in [2.45, 2.75) is 18.3 Å². The molecule has 2 aliphatic rings. The standard InChI is InChI=1S/C7H11NO4/c9-5-3-12-6-4(1-8-10)2-11-7(5)6/h4-7,9H,1-3H2/t4?,5?,6-,7-/m1/s1. The summed E-state index contributed by atoms with van der Waals surface area (Å²) in [6.45, 7) is 0.997. The summed E-state index contributed by atoms with van der Waals surface area (Å²) in [5.41, 5.74) is 0. The third kappa shape index (κ3) is 1.14. The van der Waals surface area contributed by atoms with Gasteiger partial charge in [-0.25, -0.2) is 0 Å². The monoisotopic (exact) mass is 173 g/mol. The fourth-order valence-corrected chi connectivity index (χ4v) is 1.81. The van der Waals surface area contributed by atoms with Gasteiger partial charge in [0.25, 0.3) is 0 Å². The molecule has 0 radical (unpaired) electrons. The largest absolute Gasteiger partial charge is 0.388 e. The quantitative estimate of drug-likeness (QED) is 0.573. The maximum atomic E-state index is 10.0. The maximum absolute atomic E-state index is 10.0. The van der Waals surface area contributed by atoms with Crippen LogP contribution in [-0.2, 0) is 9.47 Å². The van der Waals surface area contributed by atoms with Gasteiger partial charge in [-0.15, -0.1) is 0 Å². The number of aliphatic hydroxyl groups is 1. The van der Waals surface area contributed by atoms with Gasteiger partial charge in [-0.1, -0.05) is 5.18 Å². The molecule has 2 saturated heterocycles. The molecule has 0 amide bonds. The summed E-state index contributed by atoms with van der Waals surface area (Å²) in [6, 6.07) is 0. The Bertz CT molecular complexity index is 186. The van der Waals surface area contributed by atoms with Crippen LogP contribution in [0.15, 0.2) is 5.18 Å². The van der Waals surface area contributed by atoms with Gasteiger partial charge in [0.05, 0.1) is 25.9 Å². The minimum Gasteiger partial charge on any atom is -0.388 e. The first kappa shape index (κ1) is 8.10. The molecule has 2 heterocycles. The van der Waals surface area contributed by atoms with Gasteiger partial charge in [0.1, 0.15) is 12.2 Å². The molecule has 5 heteroatoms. The van der Waals surface area contributed by atoms with Gasteiger partial charge in [-0.2, -0.15) is 4.91 Å². The molecule has 4 atom stereocenters. The van der Waals surface area contributed by atoms with Gasteiger partial charge in [0.2, 0.25) is 0 Å². The molecule has 0 aromatic rings. The maximum Gasteiger partial charge on any atom is 0.112 e. The first-order chi connectivity index (χ1) is 5.83. The van der Waals surface area contributed by atoms with Gasteiger partial charge >= 0.3 is 0 Å². The lowest BCUT2D eigenvalue weighted by atomic mass is 10.0. The Morgan fingerprint density at radius 1 is 1.33 bits per heavy atom. The van der Waals surface area contributed by atoms with Crippen LogP contribution in [0.2, 0.25) is 0 Å². The number of nitrogens with zero attached hydrogens (tertiary/aromatic N) is 1. The highest BCUT2D eigenvalue weighted by Gasteiger charge is 2.46. The first-order valence-electron chi connectivity index (χ1n) is 4.03. The smallest absolute Gasteiger partial charge is 0.112 e. The number of hydrogen-bond donors (Lipinski definition) is 1. The molecular formula is C7H11NO4. The fourth-order valence-electron chi connectivity index (χ4n) is 1.81. The van der Waals surface area contributed by atoms with Crippen molar-refractivity contribution in [3.05, 3.63) is 4.91 Å². The van der Waals surface area contributed by atoms with Gasteiger partial charge in [-0.05, 0) is 0 Å². The van der Waals surface area contributed by atoms with Crippen LogP contribution in [0.4, 0.5) is 0 Å².